The number of ether oxygens (including phenoxy) is 1. The highest BCUT2D eigenvalue weighted by atomic mass is 35.5. The van der Waals surface area contributed by atoms with Crippen molar-refractivity contribution in [3.05, 3.63) is 138 Å². The van der Waals surface area contributed by atoms with Gasteiger partial charge in [-0.1, -0.05) is 107 Å². The molecule has 4 aromatic carbocycles. The maximum Gasteiger partial charge on any atom is 0.410 e. The summed E-state index contributed by atoms with van der Waals surface area (Å²) in [6, 6.07) is 26.1. The largest absolute Gasteiger partial charge is 0.444 e. The lowest BCUT2D eigenvalue weighted by Gasteiger charge is -2.46. The van der Waals surface area contributed by atoms with E-state index in [1.807, 2.05) is 30.3 Å². The van der Waals surface area contributed by atoms with E-state index >= 15 is 0 Å². The van der Waals surface area contributed by atoms with Gasteiger partial charge in [-0.15, -0.1) is 0 Å². The number of benzene rings is 4. The van der Waals surface area contributed by atoms with Crippen LogP contribution in [0.3, 0.4) is 0 Å². The van der Waals surface area contributed by atoms with Crippen LogP contribution in [0, 0.1) is 0 Å². The fourth-order valence-electron chi connectivity index (χ4n) is 12.1. The van der Waals surface area contributed by atoms with Gasteiger partial charge in [0.2, 0.25) is 11.8 Å². The first-order chi connectivity index (χ1) is 40.2. The van der Waals surface area contributed by atoms with Crippen LogP contribution in [0.25, 0.3) is 0 Å². The number of aliphatic hydroxyl groups excluding tert-OH is 1. The van der Waals surface area contributed by atoms with Gasteiger partial charge in [0, 0.05) is 87.0 Å². The second-order valence-electron chi connectivity index (χ2n) is 23.5. The van der Waals surface area contributed by atoms with Crippen LogP contribution in [-0.4, -0.2) is 161 Å². The van der Waals surface area contributed by atoms with E-state index in [1.165, 1.54) is 37.2 Å². The molecular weight excluding hydrogens is 1310 g/mol. The Labute approximate surface area is 552 Å². The number of amides is 3. The number of rotatable bonds is 16. The topological polar surface area (TPSA) is 143 Å². The van der Waals surface area contributed by atoms with Crippen LogP contribution in [0.5, 0.6) is 0 Å². The molecule has 2 spiro atoms. The summed E-state index contributed by atoms with van der Waals surface area (Å²) >= 11 is 25.1. The Morgan fingerprint density at radius 3 is 1.41 bits per heavy atom. The number of carbonyl (C=O) groups is 3. The van der Waals surface area contributed by atoms with E-state index < -0.39 is 86.1 Å². The third-order valence-electron chi connectivity index (χ3n) is 16.8. The molecule has 0 aromatic heterocycles. The maximum atomic E-state index is 13.6. The summed E-state index contributed by atoms with van der Waals surface area (Å²) in [7, 11) is 3.92. The minimum Gasteiger partial charge on any atom is -0.444 e. The number of nitrogens with one attached hydrogen (secondary N) is 1. The number of alkyl halides is 6. The van der Waals surface area contributed by atoms with E-state index in [-0.39, 0.29) is 67.9 Å². The molecule has 4 aliphatic heterocycles. The minimum atomic E-state index is -4.70. The first kappa shape index (κ1) is 77.1. The van der Waals surface area contributed by atoms with Crippen LogP contribution in [0.1, 0.15) is 112 Å². The molecular formula is C61H82Cl4F6N6O7S4. The molecule has 27 heteroatoms. The predicted octanol–water partition coefficient (Wildman–Crippen LogP) is 12.8. The lowest BCUT2D eigenvalue weighted by atomic mass is 9.83. The number of fused-ring (bicyclic) bond motifs is 4. The highest BCUT2D eigenvalue weighted by molar-refractivity contribution is 7.85. The van der Waals surface area contributed by atoms with Crippen molar-refractivity contribution in [3.63, 3.8) is 0 Å². The molecule has 0 bridgehead atoms. The smallest absolute Gasteiger partial charge is 0.410 e. The Morgan fingerprint density at radius 2 is 1.01 bits per heavy atom. The van der Waals surface area contributed by atoms with Crippen molar-refractivity contribution in [2.45, 2.75) is 129 Å². The molecule has 13 nitrogen and oxygen atoms in total. The Hall–Kier alpha value is -3.33. The van der Waals surface area contributed by atoms with E-state index in [4.69, 9.17) is 56.2 Å². The zero-order valence-corrected chi connectivity index (χ0v) is 57.4. The fourth-order valence-corrected chi connectivity index (χ4v) is 16.4. The Balaban J connectivity index is 0.000000357. The third-order valence-corrected chi connectivity index (χ3v) is 22.4. The van der Waals surface area contributed by atoms with E-state index in [0.29, 0.717) is 72.6 Å². The molecule has 492 valence electrons. The lowest BCUT2D eigenvalue weighted by molar-refractivity contribution is -0.163. The molecule has 88 heavy (non-hydrogen) atoms. The molecule has 4 aliphatic rings. The normalized spacial score (nSPS) is 19.2. The molecule has 0 radical (unpaired) electrons. The number of hydrogen-bond donors (Lipinski definition) is 2. The van der Waals surface area contributed by atoms with Gasteiger partial charge < -0.3 is 34.8 Å². The number of likely N-dealkylation sites (N-methyl/N-ethyl adjacent to an activating group) is 4. The van der Waals surface area contributed by atoms with Crippen LogP contribution in [0.2, 0.25) is 20.1 Å². The number of hydrogen-bond acceptors (Lipinski definition) is 10. The summed E-state index contributed by atoms with van der Waals surface area (Å²) in [4.78, 5) is 46.7. The van der Waals surface area contributed by atoms with E-state index in [2.05, 4.69) is 33.3 Å². The van der Waals surface area contributed by atoms with E-state index in [0.717, 1.165) is 52.4 Å². The first-order valence-corrected chi connectivity index (χ1v) is 32.5. The Bertz CT molecular complexity index is 3080. The molecule has 2 fully saturated rings. The molecule has 4 atom stereocenters. The summed E-state index contributed by atoms with van der Waals surface area (Å²) in [5.41, 5.74) is 2.80. The van der Waals surface area contributed by atoms with Crippen molar-refractivity contribution in [1.29, 1.82) is 0 Å². The highest BCUT2D eigenvalue weighted by Gasteiger charge is 2.50. The summed E-state index contributed by atoms with van der Waals surface area (Å²) in [6.45, 7) is 10.7. The zero-order chi connectivity index (χ0) is 63.8. The van der Waals surface area contributed by atoms with Crippen molar-refractivity contribution in [2.24, 2.45) is 0 Å². The monoisotopic (exact) mass is 1390 g/mol. The van der Waals surface area contributed by atoms with Gasteiger partial charge in [-0.25, -0.2) is 4.79 Å². The second-order valence-corrected chi connectivity index (χ2v) is 28.7. The fraction of sp³-hybridized carbons (Fsp3) is 0.557. The molecule has 0 aliphatic carbocycles. The van der Waals surface area contributed by atoms with Crippen molar-refractivity contribution in [1.82, 2.24) is 29.8 Å². The third kappa shape index (κ3) is 18.9. The van der Waals surface area contributed by atoms with Crippen LogP contribution in [-0.2, 0) is 68.0 Å². The van der Waals surface area contributed by atoms with Crippen molar-refractivity contribution in [3.8, 4) is 0 Å². The summed E-state index contributed by atoms with van der Waals surface area (Å²) in [5, 5.41) is 12.0. The number of nitrogens with zero attached hydrogens (tertiary/aromatic N) is 5. The average Bonchev–Trinajstić information content (AvgIpc) is 1.96. The van der Waals surface area contributed by atoms with Gasteiger partial charge in [0.05, 0.1) is 40.7 Å². The van der Waals surface area contributed by atoms with Crippen LogP contribution >= 0.6 is 73.4 Å². The standard InChI is InChI=1S/C32H40Cl2F3N3O4S.C27H32Cl2F3N3O2S.C2H6O.2H2S/c1-29(2,3)44-28(42)39(5)30(23-10-11-25(33)26(34)18-23,21-38(4)27(41)19-32(35,36)37)12-15-40-16-13-31(14-17-40)24-9-7-6-8-22(24)20-45(31)43;1-33-25(20-7-8-22(28)23(29)15-20,18-34(2)24(36)16-27(30,31)32)9-12-35-13-10-26(11-14-35)21-6-4-3-5-19(21)17-38(26)37;1-2-3;;/h6-11,18H,12-17,19-21H2,1-5H3;3-8,15,33H,9-14,16-18H2,1-2H3;3H,2H2,1H3;2*1H2/t30-,45?;25-,38?;;;/m11.../s1. The van der Waals surface area contributed by atoms with Crippen LogP contribution < -0.4 is 5.32 Å². The summed E-state index contributed by atoms with van der Waals surface area (Å²) in [6.07, 6.45) is -9.47. The highest BCUT2D eigenvalue weighted by Crippen LogP contribution is 2.49. The molecule has 8 rings (SSSR count). The molecule has 4 heterocycles. The molecule has 4 aromatic rings. The van der Waals surface area contributed by atoms with Crippen LogP contribution in [0.4, 0.5) is 31.1 Å². The van der Waals surface area contributed by atoms with Gasteiger partial charge in [-0.2, -0.15) is 53.3 Å². The Morgan fingerprint density at radius 1 is 0.625 bits per heavy atom. The average molecular weight is 1400 g/mol. The number of halogens is 10. The van der Waals surface area contributed by atoms with Crippen molar-refractivity contribution < 1.29 is 59.0 Å². The molecule has 2 saturated heterocycles. The quantitative estimate of drug-likeness (QED) is 0.104. The number of aliphatic hydroxyl groups is 1. The van der Waals surface area contributed by atoms with Crippen molar-refractivity contribution in [2.75, 3.05) is 87.2 Å². The molecule has 0 saturated carbocycles. The second kappa shape index (κ2) is 32.0. The number of likely N-dealkylation sites (tertiary alicyclic amines) is 2. The summed E-state index contributed by atoms with van der Waals surface area (Å²) < 4.78 is 110. The van der Waals surface area contributed by atoms with Crippen molar-refractivity contribution >= 4 is 113 Å². The van der Waals surface area contributed by atoms with Gasteiger partial charge in [-0.3, -0.25) is 22.9 Å². The summed E-state index contributed by atoms with van der Waals surface area (Å²) in [5.74, 6) is -1.00. The maximum absolute atomic E-state index is 13.6. The number of carbonyl (C=O) groups excluding carboxylic acids is 3. The van der Waals surface area contributed by atoms with Gasteiger partial charge in [0.1, 0.15) is 18.4 Å². The predicted molar refractivity (Wildman–Crippen MR) is 350 cm³/mol. The first-order valence-electron chi connectivity index (χ1n) is 28.3. The SMILES string of the molecule is CCO.CN(C[C@](CCN1CCC2(CC1)c1ccccc1CS2=O)(c1ccc(Cl)c(Cl)c1)N(C)C(=O)OC(C)(C)C)C(=O)CC(F)(F)F.CN[C@](CCN1CCC2(CC1)c1ccccc1CS2=O)(CN(C)C(=O)CC(F)(F)F)c1ccc(Cl)c(Cl)c1.S.S. The lowest BCUT2D eigenvalue weighted by Crippen LogP contribution is -2.57. The molecule has 2 N–H and O–H groups in total. The van der Waals surface area contributed by atoms with Gasteiger partial charge in [-0.05, 0) is 157 Å². The van der Waals surface area contributed by atoms with Gasteiger partial charge >= 0.3 is 18.4 Å². The molecule has 2 unspecified atom stereocenters. The van der Waals surface area contributed by atoms with E-state index in [1.54, 1.807) is 71.1 Å². The Kier molecular flexibility index (Phi) is 28.0. The van der Waals surface area contributed by atoms with E-state index in [9.17, 15) is 49.1 Å². The number of piperidine rings is 2. The van der Waals surface area contributed by atoms with Gasteiger partial charge in [0.25, 0.3) is 0 Å². The van der Waals surface area contributed by atoms with Gasteiger partial charge in [0.15, 0.2) is 0 Å². The minimum absolute atomic E-state index is 0. The zero-order valence-electron chi connectivity index (χ0n) is 50.7. The van der Waals surface area contributed by atoms with Crippen LogP contribution in [0.15, 0.2) is 84.9 Å². The molecule has 3 amide bonds.